The largest absolute Gasteiger partial charge is 0.354 e. The first kappa shape index (κ1) is 14.8. The predicted octanol–water partition coefficient (Wildman–Crippen LogP) is -0.198. The van der Waals surface area contributed by atoms with Crippen LogP contribution in [0.1, 0.15) is 0 Å². The fraction of sp³-hybridized carbons (Fsp3) is 0.545. The van der Waals surface area contributed by atoms with Crippen molar-refractivity contribution in [2.75, 3.05) is 32.8 Å². The third kappa shape index (κ3) is 2.94. The van der Waals surface area contributed by atoms with E-state index in [0.29, 0.717) is 17.4 Å². The number of hydrogen-bond acceptors (Lipinski definition) is 7. The van der Waals surface area contributed by atoms with E-state index in [9.17, 15) is 4.79 Å². The van der Waals surface area contributed by atoms with Crippen LogP contribution in [-0.2, 0) is 16.5 Å². The number of anilines is 1. The maximum absolute atomic E-state index is 12.0. The summed E-state index contributed by atoms with van der Waals surface area (Å²) in [4.78, 5) is 17.1. The first-order valence-electron chi connectivity index (χ1n) is 5.91. The number of hydrazine groups is 1. The standard InChI is InChI=1S/C11H17N5O3S/c1-15-9-7(5-13-16(2)10(9)17)20-11(14-15)12-6-8(18-3)19-4/h5,8H,6H2,1-4H3,(H,12,14). The highest BCUT2D eigenvalue weighted by molar-refractivity contribution is 8.14. The Morgan fingerprint density at radius 3 is 2.80 bits per heavy atom. The van der Waals surface area contributed by atoms with Crippen LogP contribution in [0.15, 0.2) is 20.9 Å². The highest BCUT2D eigenvalue weighted by atomic mass is 32.2. The summed E-state index contributed by atoms with van der Waals surface area (Å²) in [5, 5.41) is 6.32. The molecule has 0 unspecified atom stereocenters. The van der Waals surface area contributed by atoms with Gasteiger partial charge in [-0.15, -0.1) is 0 Å². The molecule has 0 saturated heterocycles. The van der Waals surface area contributed by atoms with Gasteiger partial charge in [0, 0.05) is 28.3 Å². The Morgan fingerprint density at radius 1 is 1.45 bits per heavy atom. The van der Waals surface area contributed by atoms with E-state index >= 15 is 0 Å². The summed E-state index contributed by atoms with van der Waals surface area (Å²) in [6, 6.07) is 0. The van der Waals surface area contributed by atoms with Crippen LogP contribution in [0.4, 0.5) is 5.69 Å². The molecule has 20 heavy (non-hydrogen) atoms. The molecule has 0 spiro atoms. The number of rotatable bonds is 4. The lowest BCUT2D eigenvalue weighted by molar-refractivity contribution is -0.0936. The van der Waals surface area contributed by atoms with Gasteiger partial charge in [0.25, 0.3) is 5.56 Å². The van der Waals surface area contributed by atoms with Gasteiger partial charge in [0.1, 0.15) is 5.69 Å². The minimum Gasteiger partial charge on any atom is -0.354 e. The number of aryl methyl sites for hydroxylation is 1. The number of hydrogen-bond donors (Lipinski definition) is 1. The Hall–Kier alpha value is -1.58. The lowest BCUT2D eigenvalue weighted by Crippen LogP contribution is -2.45. The Balaban J connectivity index is 2.22. The average Bonchev–Trinajstić information content (AvgIpc) is 2.44. The average molecular weight is 299 g/mol. The van der Waals surface area contributed by atoms with Crippen molar-refractivity contribution in [2.24, 2.45) is 12.0 Å². The van der Waals surface area contributed by atoms with Gasteiger partial charge < -0.3 is 9.47 Å². The molecule has 1 N–H and O–H groups in total. The lowest BCUT2D eigenvalue weighted by atomic mass is 10.4. The van der Waals surface area contributed by atoms with E-state index in [1.807, 2.05) is 0 Å². The van der Waals surface area contributed by atoms with Crippen LogP contribution in [0.5, 0.6) is 0 Å². The zero-order chi connectivity index (χ0) is 14.7. The van der Waals surface area contributed by atoms with Gasteiger partial charge in [0.15, 0.2) is 11.5 Å². The number of methoxy groups -OCH3 is 2. The third-order valence-electron chi connectivity index (χ3n) is 2.79. The summed E-state index contributed by atoms with van der Waals surface area (Å²) < 4.78 is 11.4. The van der Waals surface area contributed by atoms with E-state index in [4.69, 9.17) is 9.47 Å². The highest BCUT2D eigenvalue weighted by Gasteiger charge is 2.23. The topological polar surface area (TPSA) is 81.0 Å². The third-order valence-corrected chi connectivity index (χ3v) is 3.73. The molecule has 1 aromatic heterocycles. The Labute approximate surface area is 120 Å². The van der Waals surface area contributed by atoms with Crippen LogP contribution < -0.4 is 16.0 Å². The Bertz CT molecular complexity index is 570. The fourth-order valence-electron chi connectivity index (χ4n) is 1.69. The maximum Gasteiger partial charge on any atom is 0.293 e. The van der Waals surface area contributed by atoms with E-state index < -0.39 is 6.29 Å². The molecule has 0 bridgehead atoms. The maximum atomic E-state index is 12.0. The zero-order valence-electron chi connectivity index (χ0n) is 11.8. The number of aromatic nitrogens is 2. The summed E-state index contributed by atoms with van der Waals surface area (Å²) in [5.74, 6) is 0. The van der Waals surface area contributed by atoms with E-state index in [0.717, 1.165) is 4.90 Å². The number of thioether (sulfide) groups is 1. The SMILES string of the molecule is COC(CN=C1NN(C)c2c(cnn(C)c2=O)S1)OC. The molecule has 110 valence electrons. The molecule has 2 rings (SSSR count). The predicted molar refractivity (Wildman–Crippen MR) is 77.0 cm³/mol. The van der Waals surface area contributed by atoms with Crippen LogP contribution in [0.2, 0.25) is 0 Å². The monoisotopic (exact) mass is 299 g/mol. The molecule has 2 heterocycles. The number of nitrogens with zero attached hydrogens (tertiary/aromatic N) is 4. The van der Waals surface area contributed by atoms with Gasteiger partial charge in [0.05, 0.1) is 17.6 Å². The van der Waals surface area contributed by atoms with Crippen LogP contribution in [-0.4, -0.2) is 49.1 Å². The molecule has 8 nitrogen and oxygen atoms in total. The second-order valence-electron chi connectivity index (χ2n) is 4.11. The molecule has 1 aromatic rings. The summed E-state index contributed by atoms with van der Waals surface area (Å²) in [7, 11) is 6.50. The van der Waals surface area contributed by atoms with Gasteiger partial charge >= 0.3 is 0 Å². The van der Waals surface area contributed by atoms with E-state index in [2.05, 4.69) is 15.5 Å². The van der Waals surface area contributed by atoms with Crippen molar-refractivity contribution in [3.05, 3.63) is 16.6 Å². The summed E-state index contributed by atoms with van der Waals surface area (Å²) in [6.45, 7) is 0.365. The van der Waals surface area contributed by atoms with Crippen LogP contribution in [0.3, 0.4) is 0 Å². The first-order valence-corrected chi connectivity index (χ1v) is 6.73. The second-order valence-corrected chi connectivity index (χ2v) is 5.14. The van der Waals surface area contributed by atoms with E-state index in [1.54, 1.807) is 39.5 Å². The normalized spacial score (nSPS) is 16.4. The Morgan fingerprint density at radius 2 is 2.15 bits per heavy atom. The van der Waals surface area contributed by atoms with Crippen molar-refractivity contribution in [3.8, 4) is 0 Å². The molecule has 9 heteroatoms. The summed E-state index contributed by atoms with van der Waals surface area (Å²) >= 11 is 1.36. The minimum atomic E-state index is -0.390. The molecule has 0 fully saturated rings. The molecule has 1 aliphatic rings. The minimum absolute atomic E-state index is 0.157. The first-order chi connectivity index (χ1) is 9.56. The van der Waals surface area contributed by atoms with Gasteiger partial charge in [-0.05, 0) is 11.8 Å². The lowest BCUT2D eigenvalue weighted by Gasteiger charge is -2.28. The highest BCUT2D eigenvalue weighted by Crippen LogP contribution is 2.29. The summed E-state index contributed by atoms with van der Waals surface area (Å²) in [6.07, 6.45) is 1.26. The Kier molecular flexibility index (Phi) is 4.63. The molecular formula is C11H17N5O3S. The van der Waals surface area contributed by atoms with Crippen LogP contribution in [0, 0.1) is 0 Å². The fourth-order valence-corrected chi connectivity index (χ4v) is 2.64. The number of amidine groups is 1. The number of ether oxygens (including phenoxy) is 2. The smallest absolute Gasteiger partial charge is 0.293 e. The van der Waals surface area contributed by atoms with E-state index in [-0.39, 0.29) is 5.56 Å². The summed E-state index contributed by atoms with van der Waals surface area (Å²) in [5.41, 5.74) is 3.44. The molecule has 1 aliphatic heterocycles. The van der Waals surface area contributed by atoms with Crippen molar-refractivity contribution in [1.82, 2.24) is 15.2 Å². The molecule has 0 saturated carbocycles. The number of fused-ring (bicyclic) bond motifs is 1. The van der Waals surface area contributed by atoms with Crippen molar-refractivity contribution >= 4 is 22.6 Å². The van der Waals surface area contributed by atoms with Crippen molar-refractivity contribution in [1.29, 1.82) is 0 Å². The van der Waals surface area contributed by atoms with Gasteiger partial charge in [-0.25, -0.2) is 4.68 Å². The molecule has 0 radical (unpaired) electrons. The second kappa shape index (κ2) is 6.25. The number of aliphatic imine (C=N–C) groups is 1. The van der Waals surface area contributed by atoms with Crippen molar-refractivity contribution < 1.29 is 9.47 Å². The molecule has 0 aromatic carbocycles. The quantitative estimate of drug-likeness (QED) is 0.771. The molecule has 0 amide bonds. The zero-order valence-corrected chi connectivity index (χ0v) is 12.6. The van der Waals surface area contributed by atoms with E-state index in [1.165, 1.54) is 16.4 Å². The van der Waals surface area contributed by atoms with Crippen LogP contribution >= 0.6 is 11.8 Å². The molecule has 0 atom stereocenters. The van der Waals surface area contributed by atoms with Gasteiger partial charge in [-0.3, -0.25) is 20.2 Å². The van der Waals surface area contributed by atoms with Crippen molar-refractivity contribution in [2.45, 2.75) is 11.2 Å². The number of nitrogens with one attached hydrogen (secondary N) is 1. The van der Waals surface area contributed by atoms with Crippen LogP contribution in [0.25, 0.3) is 0 Å². The van der Waals surface area contributed by atoms with Gasteiger partial charge in [-0.2, -0.15) is 5.10 Å². The van der Waals surface area contributed by atoms with Gasteiger partial charge in [-0.1, -0.05) is 0 Å². The molecule has 0 aliphatic carbocycles. The van der Waals surface area contributed by atoms with Gasteiger partial charge in [0.2, 0.25) is 0 Å². The van der Waals surface area contributed by atoms with Crippen molar-refractivity contribution in [3.63, 3.8) is 0 Å². The molecular weight excluding hydrogens is 282 g/mol.